The molecular weight excluding hydrogens is 428 g/mol. The van der Waals surface area contributed by atoms with Crippen molar-refractivity contribution in [3.05, 3.63) is 52.7 Å². The average molecular weight is 469 g/mol. The van der Waals surface area contributed by atoms with Crippen molar-refractivity contribution in [2.45, 2.75) is 89.8 Å². The highest BCUT2D eigenvalue weighted by molar-refractivity contribution is 7.09. The van der Waals surface area contributed by atoms with E-state index in [1.165, 1.54) is 75.5 Å². The van der Waals surface area contributed by atoms with Crippen molar-refractivity contribution in [3.63, 3.8) is 0 Å². The summed E-state index contributed by atoms with van der Waals surface area (Å²) in [5, 5.41) is 5.91. The van der Waals surface area contributed by atoms with Gasteiger partial charge in [0.1, 0.15) is 5.75 Å². The Bertz CT molecular complexity index is 802. The van der Waals surface area contributed by atoms with Gasteiger partial charge in [-0.1, -0.05) is 75.6 Å². The minimum Gasteiger partial charge on any atom is -0.484 e. The van der Waals surface area contributed by atoms with Crippen LogP contribution in [0, 0.1) is 5.41 Å². The molecule has 4 nitrogen and oxygen atoms in total. The van der Waals surface area contributed by atoms with Gasteiger partial charge < -0.3 is 9.64 Å². The second kappa shape index (κ2) is 12.6. The Morgan fingerprint density at radius 1 is 0.939 bits per heavy atom. The quantitative estimate of drug-likeness (QED) is 0.509. The van der Waals surface area contributed by atoms with Crippen LogP contribution in [0.15, 0.2) is 47.8 Å². The van der Waals surface area contributed by atoms with Gasteiger partial charge in [-0.05, 0) is 54.7 Å². The van der Waals surface area contributed by atoms with Gasteiger partial charge >= 0.3 is 0 Å². The lowest BCUT2D eigenvalue weighted by molar-refractivity contribution is -0.138. The van der Waals surface area contributed by atoms with Gasteiger partial charge in [0.2, 0.25) is 0 Å². The van der Waals surface area contributed by atoms with Gasteiger partial charge in [0.25, 0.3) is 5.91 Å². The van der Waals surface area contributed by atoms with Gasteiger partial charge in [-0.25, -0.2) is 0 Å². The highest BCUT2D eigenvalue weighted by Gasteiger charge is 2.37. The molecule has 1 aliphatic carbocycles. The third kappa shape index (κ3) is 7.31. The van der Waals surface area contributed by atoms with Crippen molar-refractivity contribution < 1.29 is 9.53 Å². The normalized spacial score (nSPS) is 21.8. The number of hydrogen-bond acceptors (Lipinski definition) is 4. The van der Waals surface area contributed by atoms with E-state index in [4.69, 9.17) is 4.74 Å². The summed E-state index contributed by atoms with van der Waals surface area (Å²) >= 11 is 1.72. The van der Waals surface area contributed by atoms with E-state index in [1.54, 1.807) is 11.3 Å². The van der Waals surface area contributed by atoms with E-state index in [0.29, 0.717) is 12.0 Å². The van der Waals surface area contributed by atoms with Gasteiger partial charge in [0, 0.05) is 11.4 Å². The maximum absolute atomic E-state index is 13.3. The minimum absolute atomic E-state index is 0.0585. The van der Waals surface area contributed by atoms with Gasteiger partial charge in [-0.3, -0.25) is 10.1 Å². The van der Waals surface area contributed by atoms with E-state index in [2.05, 4.69) is 22.8 Å². The predicted octanol–water partition coefficient (Wildman–Crippen LogP) is 6.77. The summed E-state index contributed by atoms with van der Waals surface area (Å²) in [6.07, 6.45) is 16.1. The fourth-order valence-corrected chi connectivity index (χ4v) is 6.24. The molecule has 2 aromatic rings. The first-order valence-electron chi connectivity index (χ1n) is 13.0. The largest absolute Gasteiger partial charge is 0.484 e. The molecule has 4 rings (SSSR count). The molecule has 1 amide bonds. The summed E-state index contributed by atoms with van der Waals surface area (Å²) < 4.78 is 5.82. The standard InChI is InChI=1S/C28H40N2O2S/c31-27(22-32-24-13-8-7-9-14-24)30(21-25-15-12-20-33-25)26-16-19-28(23-29-26)17-10-5-3-1-2-4-6-11-18-28/h7-9,12-15,20,26,29H,1-6,10-11,16-19,21-23H2. The number of ether oxygens (including phenoxy) is 1. The van der Waals surface area contributed by atoms with E-state index in [-0.39, 0.29) is 18.7 Å². The molecule has 0 bridgehead atoms. The summed E-state index contributed by atoms with van der Waals surface area (Å²) in [4.78, 5) is 16.5. The zero-order valence-electron chi connectivity index (χ0n) is 20.0. The van der Waals surface area contributed by atoms with Crippen LogP contribution in [0.2, 0.25) is 0 Å². The van der Waals surface area contributed by atoms with Crippen molar-refractivity contribution in [2.24, 2.45) is 5.41 Å². The van der Waals surface area contributed by atoms with Crippen molar-refractivity contribution in [1.82, 2.24) is 10.2 Å². The maximum atomic E-state index is 13.3. The SMILES string of the molecule is O=C(COc1ccccc1)N(Cc1cccs1)C1CCC2(CCCCCCCCCC2)CN1. The number of rotatable bonds is 6. The topological polar surface area (TPSA) is 41.6 Å². The van der Waals surface area contributed by atoms with Crippen LogP contribution >= 0.6 is 11.3 Å². The lowest BCUT2D eigenvalue weighted by Crippen LogP contribution is -2.56. The first-order chi connectivity index (χ1) is 16.2. The third-order valence-corrected chi connectivity index (χ3v) is 8.39. The molecule has 1 spiro atoms. The maximum Gasteiger partial charge on any atom is 0.262 e. The molecule has 0 radical (unpaired) electrons. The molecule has 180 valence electrons. The monoisotopic (exact) mass is 468 g/mol. The Morgan fingerprint density at radius 2 is 1.64 bits per heavy atom. The predicted molar refractivity (Wildman–Crippen MR) is 136 cm³/mol. The molecule has 33 heavy (non-hydrogen) atoms. The van der Waals surface area contributed by atoms with Crippen LogP contribution in [0.3, 0.4) is 0 Å². The summed E-state index contributed by atoms with van der Waals surface area (Å²) in [5.41, 5.74) is 0.416. The van der Waals surface area contributed by atoms with Crippen LogP contribution < -0.4 is 10.1 Å². The number of carbonyl (C=O) groups is 1. The zero-order chi connectivity index (χ0) is 22.8. The van der Waals surface area contributed by atoms with E-state index in [0.717, 1.165) is 18.7 Å². The number of hydrogen-bond donors (Lipinski definition) is 1. The minimum atomic E-state index is 0.0585. The number of benzene rings is 1. The number of amides is 1. The van der Waals surface area contributed by atoms with Crippen LogP contribution in [-0.2, 0) is 11.3 Å². The van der Waals surface area contributed by atoms with Crippen LogP contribution in [0.5, 0.6) is 5.75 Å². The first kappa shape index (κ1) is 24.3. The lowest BCUT2D eigenvalue weighted by atomic mass is 9.72. The van der Waals surface area contributed by atoms with E-state index in [1.807, 2.05) is 35.2 Å². The number of para-hydroxylation sites is 1. The number of nitrogens with zero attached hydrogens (tertiary/aromatic N) is 1. The van der Waals surface area contributed by atoms with Crippen LogP contribution in [0.4, 0.5) is 0 Å². The molecule has 1 atom stereocenters. The second-order valence-electron chi connectivity index (χ2n) is 9.97. The molecule has 1 saturated heterocycles. The van der Waals surface area contributed by atoms with Crippen molar-refractivity contribution in [1.29, 1.82) is 0 Å². The molecular formula is C28H40N2O2S. The molecule has 5 heteroatoms. The summed E-state index contributed by atoms with van der Waals surface area (Å²) in [6.45, 7) is 1.77. The highest BCUT2D eigenvalue weighted by atomic mass is 32.1. The van der Waals surface area contributed by atoms with E-state index in [9.17, 15) is 4.79 Å². The van der Waals surface area contributed by atoms with Gasteiger partial charge in [-0.2, -0.15) is 0 Å². The smallest absolute Gasteiger partial charge is 0.262 e. The van der Waals surface area contributed by atoms with Crippen LogP contribution in [0.1, 0.15) is 81.9 Å². The van der Waals surface area contributed by atoms with Crippen LogP contribution in [0.25, 0.3) is 0 Å². The molecule has 1 aliphatic heterocycles. The van der Waals surface area contributed by atoms with Crippen molar-refractivity contribution >= 4 is 17.2 Å². The molecule has 1 saturated carbocycles. The van der Waals surface area contributed by atoms with E-state index >= 15 is 0 Å². The first-order valence-corrected chi connectivity index (χ1v) is 13.9. The highest BCUT2D eigenvalue weighted by Crippen LogP contribution is 2.40. The average Bonchev–Trinajstić information content (AvgIpc) is 3.35. The number of piperidine rings is 1. The molecule has 2 aliphatic rings. The van der Waals surface area contributed by atoms with Gasteiger partial charge in [-0.15, -0.1) is 11.3 Å². The number of thiophene rings is 1. The molecule has 1 aromatic carbocycles. The zero-order valence-corrected chi connectivity index (χ0v) is 20.8. The van der Waals surface area contributed by atoms with Gasteiger partial charge in [0.05, 0.1) is 12.7 Å². The molecule has 1 aromatic heterocycles. The summed E-state index contributed by atoms with van der Waals surface area (Å²) in [6, 6.07) is 13.8. The summed E-state index contributed by atoms with van der Waals surface area (Å²) in [7, 11) is 0. The Kier molecular flexibility index (Phi) is 9.25. The Morgan fingerprint density at radius 3 is 2.24 bits per heavy atom. The fraction of sp³-hybridized carbons (Fsp3) is 0.607. The Hall–Kier alpha value is -1.85. The molecule has 2 fully saturated rings. The Labute approximate surface area is 203 Å². The van der Waals surface area contributed by atoms with Gasteiger partial charge in [0.15, 0.2) is 6.61 Å². The lowest BCUT2D eigenvalue weighted by Gasteiger charge is -2.45. The van der Waals surface area contributed by atoms with E-state index < -0.39 is 0 Å². The fourth-order valence-electron chi connectivity index (χ4n) is 5.53. The van der Waals surface area contributed by atoms with Crippen LogP contribution in [-0.4, -0.2) is 30.1 Å². The van der Waals surface area contributed by atoms with Crippen molar-refractivity contribution in [2.75, 3.05) is 13.2 Å². The number of carbonyl (C=O) groups excluding carboxylic acids is 1. The molecule has 1 N–H and O–H groups in total. The number of nitrogens with one attached hydrogen (secondary N) is 1. The van der Waals surface area contributed by atoms with Crippen molar-refractivity contribution in [3.8, 4) is 5.75 Å². The third-order valence-electron chi connectivity index (χ3n) is 7.53. The second-order valence-corrected chi connectivity index (χ2v) is 11.0. The Balaban J connectivity index is 1.38. The summed E-state index contributed by atoms with van der Waals surface area (Å²) in [5.74, 6) is 0.804. The molecule has 1 unspecified atom stereocenters. The molecule has 2 heterocycles.